The maximum atomic E-state index is 12.4. The molecule has 2 aromatic heterocycles. The SMILES string of the molecule is Cc1cc(OCCCC2CCN(c3ncc(Cl)cn3)CC2)nc(C)c1C(=O)N[C@H](C)CO. The van der Waals surface area contributed by atoms with E-state index in [-0.39, 0.29) is 18.6 Å². The molecule has 0 aliphatic carbocycles. The second-order valence-electron chi connectivity index (χ2n) is 8.42. The average Bonchev–Trinajstić information content (AvgIpc) is 2.77. The third-order valence-corrected chi connectivity index (χ3v) is 5.96. The van der Waals surface area contributed by atoms with E-state index in [0.29, 0.717) is 34.7 Å². The van der Waals surface area contributed by atoms with Crippen molar-refractivity contribution in [2.24, 2.45) is 5.92 Å². The number of nitrogens with zero attached hydrogens (tertiary/aromatic N) is 4. The van der Waals surface area contributed by atoms with E-state index in [9.17, 15) is 4.79 Å². The first-order valence-electron chi connectivity index (χ1n) is 11.1. The molecule has 2 aromatic rings. The van der Waals surface area contributed by atoms with Crippen molar-refractivity contribution in [1.82, 2.24) is 20.3 Å². The molecule has 0 radical (unpaired) electrons. The van der Waals surface area contributed by atoms with E-state index in [1.165, 1.54) is 0 Å². The molecule has 1 amide bonds. The summed E-state index contributed by atoms with van der Waals surface area (Å²) in [6.07, 6.45) is 7.56. The van der Waals surface area contributed by atoms with Crippen LogP contribution in [0.15, 0.2) is 18.5 Å². The number of amides is 1. The summed E-state index contributed by atoms with van der Waals surface area (Å²) in [5.74, 6) is 1.73. The average molecular weight is 462 g/mol. The Kier molecular flexibility index (Phi) is 8.64. The Morgan fingerprint density at radius 3 is 2.62 bits per heavy atom. The molecule has 0 aromatic carbocycles. The van der Waals surface area contributed by atoms with Crippen molar-refractivity contribution in [3.05, 3.63) is 40.3 Å². The van der Waals surface area contributed by atoms with Crippen LogP contribution in [0, 0.1) is 19.8 Å². The fraction of sp³-hybridized carbons (Fsp3) is 0.565. The molecule has 1 saturated heterocycles. The van der Waals surface area contributed by atoms with Gasteiger partial charge in [-0.25, -0.2) is 15.0 Å². The van der Waals surface area contributed by atoms with Crippen molar-refractivity contribution in [3.8, 4) is 5.88 Å². The number of halogens is 1. The lowest BCUT2D eigenvalue weighted by Crippen LogP contribution is -2.36. The fourth-order valence-electron chi connectivity index (χ4n) is 3.99. The van der Waals surface area contributed by atoms with E-state index in [1.807, 2.05) is 6.92 Å². The first-order chi connectivity index (χ1) is 15.4. The van der Waals surface area contributed by atoms with Crippen molar-refractivity contribution in [2.45, 2.75) is 52.5 Å². The summed E-state index contributed by atoms with van der Waals surface area (Å²) in [7, 11) is 0. The number of aryl methyl sites for hydroxylation is 2. The molecular weight excluding hydrogens is 430 g/mol. The molecule has 0 saturated carbocycles. The molecule has 3 rings (SSSR count). The Morgan fingerprint density at radius 1 is 1.31 bits per heavy atom. The predicted octanol–water partition coefficient (Wildman–Crippen LogP) is 3.33. The first-order valence-corrected chi connectivity index (χ1v) is 11.5. The van der Waals surface area contributed by atoms with E-state index in [1.54, 1.807) is 32.3 Å². The maximum Gasteiger partial charge on any atom is 0.253 e. The number of piperidine rings is 1. The van der Waals surface area contributed by atoms with Crippen LogP contribution in [0.5, 0.6) is 5.88 Å². The van der Waals surface area contributed by atoms with Crippen molar-refractivity contribution < 1.29 is 14.6 Å². The quantitative estimate of drug-likeness (QED) is 0.552. The number of hydrogen-bond acceptors (Lipinski definition) is 7. The zero-order valence-electron chi connectivity index (χ0n) is 19.0. The number of hydrogen-bond donors (Lipinski definition) is 2. The zero-order chi connectivity index (χ0) is 23.1. The van der Waals surface area contributed by atoms with Crippen LogP contribution in [0.3, 0.4) is 0 Å². The number of aromatic nitrogens is 3. The minimum atomic E-state index is -0.303. The molecule has 1 aliphatic heterocycles. The molecule has 1 aliphatic rings. The van der Waals surface area contributed by atoms with Gasteiger partial charge >= 0.3 is 0 Å². The van der Waals surface area contributed by atoms with Crippen molar-refractivity contribution in [3.63, 3.8) is 0 Å². The first kappa shape index (κ1) is 24.2. The summed E-state index contributed by atoms with van der Waals surface area (Å²) in [4.78, 5) is 27.7. The highest BCUT2D eigenvalue weighted by molar-refractivity contribution is 6.30. The maximum absolute atomic E-state index is 12.4. The fourth-order valence-corrected chi connectivity index (χ4v) is 4.09. The van der Waals surface area contributed by atoms with Crippen LogP contribution in [0.2, 0.25) is 5.02 Å². The molecule has 0 unspecified atom stereocenters. The van der Waals surface area contributed by atoms with Gasteiger partial charge in [0.25, 0.3) is 5.91 Å². The predicted molar refractivity (Wildman–Crippen MR) is 124 cm³/mol. The third-order valence-electron chi connectivity index (χ3n) is 5.76. The Labute approximate surface area is 194 Å². The largest absolute Gasteiger partial charge is 0.478 e. The van der Waals surface area contributed by atoms with E-state index in [0.717, 1.165) is 50.3 Å². The van der Waals surface area contributed by atoms with Gasteiger partial charge in [-0.05, 0) is 57.9 Å². The van der Waals surface area contributed by atoms with E-state index >= 15 is 0 Å². The Hall–Kier alpha value is -2.45. The molecule has 1 fully saturated rings. The van der Waals surface area contributed by atoms with Crippen molar-refractivity contribution in [1.29, 1.82) is 0 Å². The van der Waals surface area contributed by atoms with Crippen molar-refractivity contribution >= 4 is 23.5 Å². The van der Waals surface area contributed by atoms with Gasteiger partial charge in [0, 0.05) is 25.2 Å². The minimum absolute atomic E-state index is 0.105. The molecule has 9 heteroatoms. The number of aliphatic hydroxyl groups excluding tert-OH is 1. The number of rotatable bonds is 9. The van der Waals surface area contributed by atoms with Gasteiger partial charge in [0.1, 0.15) is 0 Å². The molecule has 8 nitrogen and oxygen atoms in total. The molecular formula is C23H32ClN5O3. The third kappa shape index (κ3) is 6.53. The van der Waals surface area contributed by atoms with Gasteiger partial charge in [-0.2, -0.15) is 0 Å². The van der Waals surface area contributed by atoms with Crippen LogP contribution < -0.4 is 15.0 Å². The molecule has 174 valence electrons. The standard InChI is InChI=1S/C23H32ClN5O3/c1-15-11-20(28-17(3)21(15)22(31)27-16(2)14-30)32-10-4-5-18-6-8-29(9-7-18)23-25-12-19(24)13-26-23/h11-13,16,18,30H,4-10,14H2,1-3H3,(H,27,31)/t16-/m1/s1. The number of aliphatic hydroxyl groups is 1. The van der Waals surface area contributed by atoms with E-state index in [4.69, 9.17) is 21.4 Å². The van der Waals surface area contributed by atoms with Crippen LogP contribution >= 0.6 is 11.6 Å². The highest BCUT2D eigenvalue weighted by atomic mass is 35.5. The van der Waals surface area contributed by atoms with Gasteiger partial charge in [0.05, 0.1) is 41.9 Å². The highest BCUT2D eigenvalue weighted by Crippen LogP contribution is 2.25. The van der Waals surface area contributed by atoms with Crippen LogP contribution in [0.25, 0.3) is 0 Å². The Balaban J connectivity index is 1.42. The van der Waals surface area contributed by atoms with Gasteiger partial charge in [0.2, 0.25) is 11.8 Å². The van der Waals surface area contributed by atoms with Crippen LogP contribution in [-0.4, -0.2) is 58.3 Å². The lowest BCUT2D eigenvalue weighted by atomic mass is 9.92. The molecule has 0 spiro atoms. The highest BCUT2D eigenvalue weighted by Gasteiger charge is 2.21. The summed E-state index contributed by atoms with van der Waals surface area (Å²) in [6.45, 7) is 7.82. The van der Waals surface area contributed by atoms with Gasteiger partial charge in [-0.3, -0.25) is 4.79 Å². The Morgan fingerprint density at radius 2 is 2.00 bits per heavy atom. The van der Waals surface area contributed by atoms with Crippen LogP contribution in [0.1, 0.15) is 54.2 Å². The number of nitrogens with one attached hydrogen (secondary N) is 1. The minimum Gasteiger partial charge on any atom is -0.478 e. The summed E-state index contributed by atoms with van der Waals surface area (Å²) in [5.41, 5.74) is 1.97. The summed E-state index contributed by atoms with van der Waals surface area (Å²) < 4.78 is 5.87. The zero-order valence-corrected chi connectivity index (χ0v) is 19.7. The van der Waals surface area contributed by atoms with Gasteiger partial charge in [0.15, 0.2) is 0 Å². The number of ether oxygens (including phenoxy) is 1. The second-order valence-corrected chi connectivity index (χ2v) is 8.85. The molecule has 3 heterocycles. The number of anilines is 1. The molecule has 0 bridgehead atoms. The molecule has 1 atom stereocenters. The topological polar surface area (TPSA) is 100 Å². The van der Waals surface area contributed by atoms with E-state index in [2.05, 4.69) is 25.2 Å². The normalized spacial score (nSPS) is 15.5. The number of carbonyl (C=O) groups excluding carboxylic acids is 1. The van der Waals surface area contributed by atoms with Gasteiger partial charge < -0.3 is 20.1 Å². The summed E-state index contributed by atoms with van der Waals surface area (Å²) in [6, 6.07) is 1.50. The second kappa shape index (κ2) is 11.4. The monoisotopic (exact) mass is 461 g/mol. The van der Waals surface area contributed by atoms with Crippen molar-refractivity contribution in [2.75, 3.05) is 31.2 Å². The summed E-state index contributed by atoms with van der Waals surface area (Å²) >= 11 is 5.87. The van der Waals surface area contributed by atoms with Crippen LogP contribution in [-0.2, 0) is 0 Å². The Bertz CT molecular complexity index is 878. The molecule has 32 heavy (non-hydrogen) atoms. The molecule has 2 N–H and O–H groups in total. The lowest BCUT2D eigenvalue weighted by molar-refractivity contribution is 0.0920. The van der Waals surface area contributed by atoms with Gasteiger partial charge in [-0.1, -0.05) is 11.6 Å². The summed E-state index contributed by atoms with van der Waals surface area (Å²) in [5, 5.41) is 12.5. The lowest BCUT2D eigenvalue weighted by Gasteiger charge is -2.31. The van der Waals surface area contributed by atoms with Gasteiger partial charge in [-0.15, -0.1) is 0 Å². The van der Waals surface area contributed by atoms with E-state index < -0.39 is 0 Å². The smallest absolute Gasteiger partial charge is 0.253 e. The number of carbonyl (C=O) groups is 1. The number of pyridine rings is 1. The van der Waals surface area contributed by atoms with Crippen LogP contribution in [0.4, 0.5) is 5.95 Å².